The van der Waals surface area contributed by atoms with E-state index in [1.807, 2.05) is 24.3 Å². The molecule has 0 saturated heterocycles. The normalized spacial score (nSPS) is 10.5. The summed E-state index contributed by atoms with van der Waals surface area (Å²) in [6.07, 6.45) is 1.08. The summed E-state index contributed by atoms with van der Waals surface area (Å²) in [5.74, 6) is 0.900. The highest BCUT2D eigenvalue weighted by atomic mass is 79.9. The number of hydrogen-bond donors (Lipinski definition) is 1. The fraction of sp³-hybridized carbons (Fsp3) is 0.286. The fourth-order valence-electron chi connectivity index (χ4n) is 1.59. The van der Waals surface area contributed by atoms with E-state index in [1.165, 1.54) is 5.56 Å². The summed E-state index contributed by atoms with van der Waals surface area (Å²) in [5.41, 5.74) is 1.40. The van der Waals surface area contributed by atoms with Crippen molar-refractivity contribution < 1.29 is 4.74 Å². The van der Waals surface area contributed by atoms with Gasteiger partial charge in [0, 0.05) is 6.54 Å². The zero-order valence-corrected chi connectivity index (χ0v) is 12.5. The van der Waals surface area contributed by atoms with Crippen molar-refractivity contribution in [1.29, 1.82) is 0 Å². The number of hydrogen-bond acceptors (Lipinski definition) is 3. The predicted octanol–water partition coefficient (Wildman–Crippen LogP) is 3.72. The quantitative estimate of drug-likeness (QED) is 0.783. The molecule has 18 heavy (non-hydrogen) atoms. The monoisotopic (exact) mass is 325 g/mol. The van der Waals surface area contributed by atoms with E-state index in [0.717, 1.165) is 29.7 Å². The molecule has 2 rings (SSSR count). The Morgan fingerprint density at radius 1 is 1.17 bits per heavy atom. The number of thiophene rings is 1. The predicted molar refractivity (Wildman–Crippen MR) is 80.5 cm³/mol. The van der Waals surface area contributed by atoms with Crippen molar-refractivity contribution in [3.63, 3.8) is 0 Å². The molecule has 0 radical (unpaired) electrons. The summed E-state index contributed by atoms with van der Waals surface area (Å²) in [6.45, 7) is 2.55. The minimum Gasteiger partial charge on any atom is -0.491 e. The minimum absolute atomic E-state index is 0.687. The molecule has 0 aliphatic heterocycles. The van der Waals surface area contributed by atoms with Crippen molar-refractivity contribution >= 4 is 27.3 Å². The number of benzene rings is 1. The molecular formula is C14H16BrNOS. The maximum absolute atomic E-state index is 5.67. The molecule has 0 amide bonds. The highest BCUT2D eigenvalue weighted by Crippen LogP contribution is 2.23. The van der Waals surface area contributed by atoms with E-state index >= 15 is 0 Å². The van der Waals surface area contributed by atoms with Gasteiger partial charge in [0.15, 0.2) is 0 Å². The van der Waals surface area contributed by atoms with Gasteiger partial charge in [-0.05, 0) is 63.4 Å². The molecule has 0 atom stereocenters. The fourth-order valence-corrected chi connectivity index (χ4v) is 2.69. The number of ether oxygens (including phenoxy) is 1. The smallest absolute Gasteiger partial charge is 0.133 e. The van der Waals surface area contributed by atoms with E-state index in [-0.39, 0.29) is 0 Å². The standard InChI is InChI=1S/C14H16BrNOS/c15-13-3-1-2-4-14(13)17-9-8-16-7-5-12-6-10-18-11-12/h1-4,6,10-11,16H,5,7-9H2. The maximum atomic E-state index is 5.67. The maximum Gasteiger partial charge on any atom is 0.133 e. The van der Waals surface area contributed by atoms with Crippen LogP contribution in [0.2, 0.25) is 0 Å². The van der Waals surface area contributed by atoms with Crippen molar-refractivity contribution in [1.82, 2.24) is 5.32 Å². The van der Waals surface area contributed by atoms with Gasteiger partial charge in [-0.1, -0.05) is 12.1 Å². The van der Waals surface area contributed by atoms with Crippen LogP contribution in [0.4, 0.5) is 0 Å². The van der Waals surface area contributed by atoms with Crippen molar-refractivity contribution in [3.8, 4) is 5.75 Å². The van der Waals surface area contributed by atoms with Gasteiger partial charge < -0.3 is 10.1 Å². The van der Waals surface area contributed by atoms with Crippen LogP contribution < -0.4 is 10.1 Å². The van der Waals surface area contributed by atoms with E-state index in [9.17, 15) is 0 Å². The van der Waals surface area contributed by atoms with Crippen LogP contribution in [0.25, 0.3) is 0 Å². The van der Waals surface area contributed by atoms with Crippen LogP contribution in [0.5, 0.6) is 5.75 Å². The number of para-hydroxylation sites is 1. The van der Waals surface area contributed by atoms with Gasteiger partial charge in [0.25, 0.3) is 0 Å². The lowest BCUT2D eigenvalue weighted by Crippen LogP contribution is -2.23. The average Bonchev–Trinajstić information content (AvgIpc) is 2.89. The molecule has 1 aromatic heterocycles. The summed E-state index contributed by atoms with van der Waals surface area (Å²) in [4.78, 5) is 0. The first-order valence-electron chi connectivity index (χ1n) is 5.95. The molecule has 96 valence electrons. The molecule has 0 aliphatic carbocycles. The molecule has 0 saturated carbocycles. The highest BCUT2D eigenvalue weighted by Gasteiger charge is 1.98. The van der Waals surface area contributed by atoms with Gasteiger partial charge in [0.1, 0.15) is 12.4 Å². The second-order valence-electron chi connectivity index (χ2n) is 3.91. The van der Waals surface area contributed by atoms with Crippen LogP contribution in [0.1, 0.15) is 5.56 Å². The molecule has 0 bridgehead atoms. The van der Waals surface area contributed by atoms with E-state index in [2.05, 4.69) is 38.1 Å². The summed E-state index contributed by atoms with van der Waals surface area (Å²) in [7, 11) is 0. The molecule has 1 N–H and O–H groups in total. The SMILES string of the molecule is Brc1ccccc1OCCNCCc1ccsc1. The molecule has 0 unspecified atom stereocenters. The molecule has 2 aromatic rings. The van der Waals surface area contributed by atoms with Crippen molar-refractivity contribution in [3.05, 3.63) is 51.1 Å². The Morgan fingerprint density at radius 2 is 2.06 bits per heavy atom. The molecule has 0 spiro atoms. The second kappa shape index (κ2) is 7.56. The molecule has 0 aliphatic rings. The molecule has 1 heterocycles. The Kier molecular flexibility index (Phi) is 5.71. The Hall–Kier alpha value is -0.840. The topological polar surface area (TPSA) is 21.3 Å². The Bertz CT molecular complexity index is 459. The van der Waals surface area contributed by atoms with Gasteiger partial charge in [-0.2, -0.15) is 11.3 Å². The Labute approximate surface area is 120 Å². The van der Waals surface area contributed by atoms with Gasteiger partial charge in [0.2, 0.25) is 0 Å². The third-order valence-corrected chi connectivity index (χ3v) is 3.93. The third kappa shape index (κ3) is 4.44. The van der Waals surface area contributed by atoms with Gasteiger partial charge in [-0.3, -0.25) is 0 Å². The first-order valence-corrected chi connectivity index (χ1v) is 7.69. The Morgan fingerprint density at radius 3 is 2.83 bits per heavy atom. The van der Waals surface area contributed by atoms with Crippen LogP contribution in [-0.4, -0.2) is 19.7 Å². The van der Waals surface area contributed by atoms with Crippen molar-refractivity contribution in [2.75, 3.05) is 19.7 Å². The second-order valence-corrected chi connectivity index (χ2v) is 5.54. The van der Waals surface area contributed by atoms with Crippen LogP contribution in [0, 0.1) is 0 Å². The summed E-state index contributed by atoms with van der Waals surface area (Å²) >= 11 is 5.21. The zero-order chi connectivity index (χ0) is 12.6. The molecule has 2 nitrogen and oxygen atoms in total. The van der Waals surface area contributed by atoms with Crippen LogP contribution in [0.15, 0.2) is 45.6 Å². The first kappa shape index (κ1) is 13.6. The largest absolute Gasteiger partial charge is 0.491 e. The van der Waals surface area contributed by atoms with E-state index in [1.54, 1.807) is 11.3 Å². The lowest BCUT2D eigenvalue weighted by atomic mass is 10.2. The Balaban J connectivity index is 1.58. The van der Waals surface area contributed by atoms with Crippen molar-refractivity contribution in [2.24, 2.45) is 0 Å². The van der Waals surface area contributed by atoms with Crippen molar-refractivity contribution in [2.45, 2.75) is 6.42 Å². The number of halogens is 1. The lowest BCUT2D eigenvalue weighted by Gasteiger charge is -2.08. The lowest BCUT2D eigenvalue weighted by molar-refractivity contribution is 0.312. The molecule has 1 aromatic carbocycles. The van der Waals surface area contributed by atoms with Gasteiger partial charge >= 0.3 is 0 Å². The molecule has 4 heteroatoms. The number of nitrogens with one attached hydrogen (secondary N) is 1. The van der Waals surface area contributed by atoms with E-state index < -0.39 is 0 Å². The van der Waals surface area contributed by atoms with Crippen LogP contribution in [0.3, 0.4) is 0 Å². The van der Waals surface area contributed by atoms with E-state index in [0.29, 0.717) is 6.61 Å². The first-order chi connectivity index (χ1) is 8.86. The third-order valence-electron chi connectivity index (χ3n) is 2.54. The number of rotatable bonds is 7. The van der Waals surface area contributed by atoms with Gasteiger partial charge in [0.05, 0.1) is 4.47 Å². The summed E-state index contributed by atoms with van der Waals surface area (Å²) < 4.78 is 6.67. The van der Waals surface area contributed by atoms with Gasteiger partial charge in [-0.25, -0.2) is 0 Å². The van der Waals surface area contributed by atoms with Gasteiger partial charge in [-0.15, -0.1) is 0 Å². The van der Waals surface area contributed by atoms with Crippen LogP contribution >= 0.6 is 27.3 Å². The highest BCUT2D eigenvalue weighted by molar-refractivity contribution is 9.10. The zero-order valence-electron chi connectivity index (χ0n) is 10.1. The van der Waals surface area contributed by atoms with E-state index in [4.69, 9.17) is 4.74 Å². The van der Waals surface area contributed by atoms with Crippen LogP contribution in [-0.2, 0) is 6.42 Å². The molecular weight excluding hydrogens is 310 g/mol. The summed E-state index contributed by atoms with van der Waals surface area (Å²) in [5, 5.41) is 7.69. The molecule has 0 fully saturated rings. The average molecular weight is 326 g/mol. The summed E-state index contributed by atoms with van der Waals surface area (Å²) in [6, 6.07) is 10.1. The minimum atomic E-state index is 0.687.